The van der Waals surface area contributed by atoms with Gasteiger partial charge in [-0.05, 0) is 31.0 Å². The summed E-state index contributed by atoms with van der Waals surface area (Å²) in [5.74, 6) is -1.57. The highest BCUT2D eigenvalue weighted by molar-refractivity contribution is 6.10. The third-order valence-electron chi connectivity index (χ3n) is 5.50. The van der Waals surface area contributed by atoms with Gasteiger partial charge in [-0.15, -0.1) is 0 Å². The van der Waals surface area contributed by atoms with Crippen molar-refractivity contribution < 1.29 is 18.0 Å². The second-order valence-electron chi connectivity index (χ2n) is 7.30. The smallest absolute Gasteiger partial charge is 0.360 e. The number of alkyl halides is 3. The summed E-state index contributed by atoms with van der Waals surface area (Å²) in [5, 5.41) is 0.790. The molecule has 1 fully saturated rings. The average molecular weight is 386 g/mol. The molecule has 0 saturated carbocycles. The molecule has 1 aliphatic heterocycles. The highest BCUT2D eigenvalue weighted by Gasteiger charge is 2.44. The number of halogens is 3. The summed E-state index contributed by atoms with van der Waals surface area (Å²) in [6.45, 7) is 0.317. The number of Topliss-reactive ketones (excluding diaryl/α,β-unsaturated/α-hetero) is 1. The first-order chi connectivity index (χ1) is 13.4. The number of carbonyl (C=O) groups is 1. The monoisotopic (exact) mass is 386 g/mol. The van der Waals surface area contributed by atoms with E-state index in [-0.39, 0.29) is 18.7 Å². The lowest BCUT2D eigenvalue weighted by Gasteiger charge is -2.38. The van der Waals surface area contributed by atoms with Crippen molar-refractivity contribution in [2.45, 2.75) is 25.1 Å². The number of aromatic amines is 1. The molecule has 2 atom stereocenters. The molecule has 0 aliphatic carbocycles. The maximum absolute atomic E-state index is 13.5. The first-order valence-electron chi connectivity index (χ1n) is 9.41. The maximum Gasteiger partial charge on any atom is 0.393 e. The predicted molar refractivity (Wildman–Crippen MR) is 102 cm³/mol. The van der Waals surface area contributed by atoms with Crippen LogP contribution < -0.4 is 0 Å². The molecule has 2 aromatic carbocycles. The van der Waals surface area contributed by atoms with Gasteiger partial charge in [0.15, 0.2) is 5.78 Å². The Morgan fingerprint density at radius 2 is 1.79 bits per heavy atom. The number of hydrogen-bond donors (Lipinski definition) is 1. The summed E-state index contributed by atoms with van der Waals surface area (Å²) >= 11 is 0. The van der Waals surface area contributed by atoms with Crippen LogP contribution in [0.4, 0.5) is 13.2 Å². The number of hydrogen-bond acceptors (Lipinski definition) is 2. The largest absolute Gasteiger partial charge is 0.393 e. The second kappa shape index (κ2) is 7.43. The number of fused-ring (bicyclic) bond motifs is 1. The molecule has 1 aromatic heterocycles. The number of piperidine rings is 1. The number of aromatic nitrogens is 1. The fraction of sp³-hybridized carbons (Fsp3) is 0.318. The van der Waals surface area contributed by atoms with E-state index in [9.17, 15) is 18.0 Å². The van der Waals surface area contributed by atoms with Crippen molar-refractivity contribution in [1.29, 1.82) is 0 Å². The number of nitrogens with zero attached hydrogens (tertiary/aromatic N) is 1. The molecule has 28 heavy (non-hydrogen) atoms. The van der Waals surface area contributed by atoms with Crippen LogP contribution >= 0.6 is 0 Å². The summed E-state index contributed by atoms with van der Waals surface area (Å²) in [6, 6.07) is 15.8. The van der Waals surface area contributed by atoms with Crippen molar-refractivity contribution in [3.05, 3.63) is 71.9 Å². The highest BCUT2D eigenvalue weighted by atomic mass is 19.4. The molecular weight excluding hydrogens is 365 g/mol. The number of benzene rings is 2. The van der Waals surface area contributed by atoms with Gasteiger partial charge in [0.25, 0.3) is 0 Å². The van der Waals surface area contributed by atoms with Crippen LogP contribution in [0.15, 0.2) is 60.8 Å². The van der Waals surface area contributed by atoms with E-state index in [1.165, 1.54) is 0 Å². The summed E-state index contributed by atoms with van der Waals surface area (Å²) in [5.41, 5.74) is 2.07. The maximum atomic E-state index is 13.5. The Labute approximate surface area is 161 Å². The zero-order valence-corrected chi connectivity index (χ0v) is 15.2. The Morgan fingerprint density at radius 1 is 1.07 bits per heavy atom. The van der Waals surface area contributed by atoms with Crippen molar-refractivity contribution in [2.75, 3.05) is 13.1 Å². The van der Waals surface area contributed by atoms with E-state index in [2.05, 4.69) is 4.98 Å². The molecule has 2 heterocycles. The molecule has 1 N–H and O–H groups in total. The second-order valence-corrected chi connectivity index (χ2v) is 7.30. The van der Waals surface area contributed by atoms with E-state index >= 15 is 0 Å². The summed E-state index contributed by atoms with van der Waals surface area (Å²) in [7, 11) is 0. The molecule has 1 saturated heterocycles. The van der Waals surface area contributed by atoms with E-state index in [4.69, 9.17) is 0 Å². The van der Waals surface area contributed by atoms with Gasteiger partial charge in [-0.1, -0.05) is 48.5 Å². The molecular formula is C22H21F3N2O. The van der Waals surface area contributed by atoms with Crippen LogP contribution in [0.3, 0.4) is 0 Å². The quantitative estimate of drug-likeness (QED) is 0.612. The summed E-state index contributed by atoms with van der Waals surface area (Å²) in [6.07, 6.45) is -2.05. The minimum absolute atomic E-state index is 0.114. The number of ketones is 1. The van der Waals surface area contributed by atoms with Gasteiger partial charge in [0, 0.05) is 29.2 Å². The third-order valence-corrected chi connectivity index (χ3v) is 5.50. The van der Waals surface area contributed by atoms with Crippen molar-refractivity contribution in [1.82, 2.24) is 9.88 Å². The Balaban J connectivity index is 1.73. The molecule has 6 heteroatoms. The number of para-hydroxylation sites is 1. The first kappa shape index (κ1) is 18.7. The SMILES string of the molecule is O=C(c1c[nH]c2ccccc12)C(c1ccccc1)N1CCCC(C(F)(F)F)C1. The van der Waals surface area contributed by atoms with Gasteiger partial charge in [-0.25, -0.2) is 0 Å². The highest BCUT2D eigenvalue weighted by Crippen LogP contribution is 2.37. The molecule has 146 valence electrons. The Hall–Kier alpha value is -2.60. The minimum atomic E-state index is -4.25. The topological polar surface area (TPSA) is 36.1 Å². The van der Waals surface area contributed by atoms with E-state index in [0.717, 1.165) is 16.5 Å². The van der Waals surface area contributed by atoms with Crippen LogP contribution in [-0.4, -0.2) is 34.9 Å². The van der Waals surface area contributed by atoms with E-state index in [1.54, 1.807) is 11.1 Å². The van der Waals surface area contributed by atoms with Crippen LogP contribution in [0, 0.1) is 5.92 Å². The summed E-state index contributed by atoms with van der Waals surface area (Å²) < 4.78 is 40.0. The Kier molecular flexibility index (Phi) is 4.98. The number of H-pyrrole nitrogens is 1. The van der Waals surface area contributed by atoms with Crippen molar-refractivity contribution >= 4 is 16.7 Å². The number of nitrogens with one attached hydrogen (secondary N) is 1. The molecule has 0 amide bonds. The van der Waals surface area contributed by atoms with Gasteiger partial charge >= 0.3 is 6.18 Å². The molecule has 0 spiro atoms. The molecule has 4 rings (SSSR count). The lowest BCUT2D eigenvalue weighted by Crippen LogP contribution is -2.45. The van der Waals surface area contributed by atoms with Crippen molar-refractivity contribution in [2.24, 2.45) is 5.92 Å². The molecule has 2 unspecified atom stereocenters. The molecule has 0 bridgehead atoms. The average Bonchev–Trinajstić information content (AvgIpc) is 3.13. The fourth-order valence-electron chi connectivity index (χ4n) is 4.09. The number of rotatable bonds is 4. The lowest BCUT2D eigenvalue weighted by atomic mass is 9.90. The molecule has 0 radical (unpaired) electrons. The van der Waals surface area contributed by atoms with E-state index in [1.807, 2.05) is 54.6 Å². The first-order valence-corrected chi connectivity index (χ1v) is 9.41. The fourth-order valence-corrected chi connectivity index (χ4v) is 4.09. The van der Waals surface area contributed by atoms with Crippen molar-refractivity contribution in [3.63, 3.8) is 0 Å². The number of likely N-dealkylation sites (tertiary alicyclic amines) is 1. The van der Waals surface area contributed by atoms with Crippen LogP contribution in [0.1, 0.15) is 34.8 Å². The zero-order valence-electron chi connectivity index (χ0n) is 15.2. The molecule has 3 aromatic rings. The molecule has 3 nitrogen and oxygen atoms in total. The Morgan fingerprint density at radius 3 is 2.54 bits per heavy atom. The normalized spacial score (nSPS) is 19.6. The van der Waals surface area contributed by atoms with Crippen LogP contribution in [0.25, 0.3) is 10.9 Å². The van der Waals surface area contributed by atoms with Crippen molar-refractivity contribution in [3.8, 4) is 0 Å². The molecule has 1 aliphatic rings. The van der Waals surface area contributed by atoms with Crippen LogP contribution in [0.5, 0.6) is 0 Å². The van der Waals surface area contributed by atoms with Gasteiger partial charge in [0.2, 0.25) is 0 Å². The third kappa shape index (κ3) is 3.56. The van der Waals surface area contributed by atoms with E-state index < -0.39 is 18.1 Å². The Bertz CT molecular complexity index is 965. The standard InChI is InChI=1S/C22H21F3N2O/c23-22(24,25)16-9-6-12-27(14-16)20(15-7-2-1-3-8-15)21(28)18-13-26-19-11-5-4-10-17(18)19/h1-5,7-8,10-11,13,16,20,26H,6,9,12,14H2. The number of carbonyl (C=O) groups excluding carboxylic acids is 1. The lowest BCUT2D eigenvalue weighted by molar-refractivity contribution is -0.188. The van der Waals surface area contributed by atoms with E-state index in [0.29, 0.717) is 18.5 Å². The predicted octanol–water partition coefficient (Wildman–Crippen LogP) is 5.37. The summed E-state index contributed by atoms with van der Waals surface area (Å²) in [4.78, 5) is 18.3. The van der Waals surface area contributed by atoms with Crippen LogP contribution in [-0.2, 0) is 0 Å². The van der Waals surface area contributed by atoms with Gasteiger partial charge < -0.3 is 4.98 Å². The minimum Gasteiger partial charge on any atom is -0.360 e. The van der Waals surface area contributed by atoms with Crippen LogP contribution in [0.2, 0.25) is 0 Å². The zero-order chi connectivity index (χ0) is 19.7. The van der Waals surface area contributed by atoms with Gasteiger partial charge in [0.1, 0.15) is 0 Å². The van der Waals surface area contributed by atoms with Gasteiger partial charge in [0.05, 0.1) is 12.0 Å². The van der Waals surface area contributed by atoms with Gasteiger partial charge in [-0.3, -0.25) is 9.69 Å². The van der Waals surface area contributed by atoms with Gasteiger partial charge in [-0.2, -0.15) is 13.2 Å².